The Balaban J connectivity index is 2.78. The lowest BCUT2D eigenvalue weighted by molar-refractivity contribution is -0.153. The van der Waals surface area contributed by atoms with E-state index in [0.29, 0.717) is 6.42 Å². The average molecular weight is 277 g/mol. The summed E-state index contributed by atoms with van der Waals surface area (Å²) in [5, 5.41) is 0. The fourth-order valence-electron chi connectivity index (χ4n) is 1.56. The van der Waals surface area contributed by atoms with E-state index in [9.17, 15) is 13.2 Å². The molecule has 108 valence electrons. The van der Waals surface area contributed by atoms with Crippen molar-refractivity contribution in [2.24, 2.45) is 5.73 Å². The summed E-state index contributed by atoms with van der Waals surface area (Å²) in [6.07, 6.45) is -2.89. The van der Waals surface area contributed by atoms with Gasteiger partial charge in [-0.15, -0.1) is 0 Å². The lowest BCUT2D eigenvalue weighted by atomic mass is 10.0. The summed E-state index contributed by atoms with van der Waals surface area (Å²) in [5.41, 5.74) is 6.74. The maximum absolute atomic E-state index is 12.1. The van der Waals surface area contributed by atoms with E-state index in [-0.39, 0.29) is 17.5 Å². The van der Waals surface area contributed by atoms with Crippen LogP contribution in [-0.4, -0.2) is 25.9 Å². The number of halogens is 3. The third-order valence-electron chi connectivity index (χ3n) is 2.64. The molecule has 1 unspecified atom stereocenters. The molecule has 0 spiro atoms. The van der Waals surface area contributed by atoms with E-state index in [1.165, 1.54) is 13.2 Å². The molecule has 3 nitrogen and oxygen atoms in total. The van der Waals surface area contributed by atoms with E-state index in [4.69, 9.17) is 15.2 Å². The van der Waals surface area contributed by atoms with Gasteiger partial charge in [0.05, 0.1) is 7.11 Å². The summed E-state index contributed by atoms with van der Waals surface area (Å²) in [6.45, 7) is 0.639. The van der Waals surface area contributed by atoms with Crippen molar-refractivity contribution in [2.75, 3.05) is 13.7 Å². The lowest BCUT2D eigenvalue weighted by Gasteiger charge is -2.14. The Bertz CT molecular complexity index is 407. The number of alkyl halides is 3. The zero-order chi connectivity index (χ0) is 14.5. The first-order valence-electron chi connectivity index (χ1n) is 5.97. The Morgan fingerprint density at radius 2 is 1.95 bits per heavy atom. The van der Waals surface area contributed by atoms with Crippen LogP contribution in [0.2, 0.25) is 0 Å². The first kappa shape index (κ1) is 15.6. The van der Waals surface area contributed by atoms with Gasteiger partial charge in [0, 0.05) is 6.04 Å². The molecule has 1 rings (SSSR count). The molecular weight excluding hydrogens is 259 g/mol. The highest BCUT2D eigenvalue weighted by Gasteiger charge is 2.29. The van der Waals surface area contributed by atoms with Crippen molar-refractivity contribution in [3.05, 3.63) is 23.8 Å². The molecule has 0 saturated heterocycles. The van der Waals surface area contributed by atoms with E-state index in [0.717, 1.165) is 12.0 Å². The van der Waals surface area contributed by atoms with Crippen LogP contribution in [0.1, 0.15) is 18.9 Å². The van der Waals surface area contributed by atoms with E-state index in [1.807, 2.05) is 6.92 Å². The fraction of sp³-hybridized carbons (Fsp3) is 0.538. The predicted molar refractivity (Wildman–Crippen MR) is 66.5 cm³/mol. The minimum absolute atomic E-state index is 0.0200. The standard InChI is InChI=1S/C13H18F3NO2/c1-3-10(17)6-9-4-5-11(12(7-9)18-2)19-8-13(14,15)16/h4-5,7,10H,3,6,8,17H2,1-2H3. The van der Waals surface area contributed by atoms with Gasteiger partial charge in [-0.3, -0.25) is 0 Å². The second-order valence-corrected chi connectivity index (χ2v) is 4.26. The molecule has 0 aliphatic heterocycles. The monoisotopic (exact) mass is 277 g/mol. The second kappa shape index (κ2) is 6.65. The molecule has 0 saturated carbocycles. The van der Waals surface area contributed by atoms with Gasteiger partial charge in [0.25, 0.3) is 0 Å². The topological polar surface area (TPSA) is 44.5 Å². The summed E-state index contributed by atoms with van der Waals surface area (Å²) in [6, 6.07) is 4.85. The van der Waals surface area contributed by atoms with Crippen molar-refractivity contribution in [2.45, 2.75) is 32.0 Å². The van der Waals surface area contributed by atoms with Gasteiger partial charge in [0.1, 0.15) is 0 Å². The van der Waals surface area contributed by atoms with Gasteiger partial charge < -0.3 is 15.2 Å². The van der Waals surface area contributed by atoms with Crippen molar-refractivity contribution in [1.29, 1.82) is 0 Å². The number of hydrogen-bond acceptors (Lipinski definition) is 3. The summed E-state index contributed by atoms with van der Waals surface area (Å²) < 4.78 is 46.0. The molecule has 1 aromatic rings. The van der Waals surface area contributed by atoms with Gasteiger partial charge in [0.15, 0.2) is 18.1 Å². The smallest absolute Gasteiger partial charge is 0.422 e. The SMILES string of the molecule is CCC(N)Cc1ccc(OCC(F)(F)F)c(OC)c1. The largest absolute Gasteiger partial charge is 0.493 e. The highest BCUT2D eigenvalue weighted by Crippen LogP contribution is 2.30. The number of nitrogens with two attached hydrogens (primary N) is 1. The van der Waals surface area contributed by atoms with Crippen LogP contribution in [0.3, 0.4) is 0 Å². The highest BCUT2D eigenvalue weighted by molar-refractivity contribution is 5.43. The molecule has 0 fully saturated rings. The Kier molecular flexibility index (Phi) is 5.47. The van der Waals surface area contributed by atoms with Crippen molar-refractivity contribution >= 4 is 0 Å². The molecule has 0 heterocycles. The van der Waals surface area contributed by atoms with Gasteiger partial charge in [0.2, 0.25) is 0 Å². The Labute approximate surface area is 110 Å². The summed E-state index contributed by atoms with van der Waals surface area (Å²) in [4.78, 5) is 0. The molecule has 2 N–H and O–H groups in total. The number of benzene rings is 1. The van der Waals surface area contributed by atoms with E-state index in [1.54, 1.807) is 12.1 Å². The van der Waals surface area contributed by atoms with Crippen LogP contribution in [0, 0.1) is 0 Å². The van der Waals surface area contributed by atoms with Gasteiger partial charge in [-0.1, -0.05) is 13.0 Å². The van der Waals surface area contributed by atoms with Gasteiger partial charge >= 0.3 is 6.18 Å². The molecule has 1 atom stereocenters. The Morgan fingerprint density at radius 1 is 1.26 bits per heavy atom. The predicted octanol–water partition coefficient (Wildman–Crippen LogP) is 2.92. The minimum atomic E-state index is -4.37. The molecular formula is C13H18F3NO2. The van der Waals surface area contributed by atoms with Gasteiger partial charge in [-0.05, 0) is 30.5 Å². The van der Waals surface area contributed by atoms with Crippen LogP contribution in [0.15, 0.2) is 18.2 Å². The first-order chi connectivity index (χ1) is 8.85. The Hall–Kier alpha value is -1.43. The maximum atomic E-state index is 12.1. The molecule has 1 aromatic carbocycles. The van der Waals surface area contributed by atoms with E-state index < -0.39 is 12.8 Å². The first-order valence-corrected chi connectivity index (χ1v) is 5.97. The van der Waals surface area contributed by atoms with Crippen LogP contribution in [0.5, 0.6) is 11.5 Å². The fourth-order valence-corrected chi connectivity index (χ4v) is 1.56. The number of rotatable bonds is 6. The van der Waals surface area contributed by atoms with Crippen LogP contribution < -0.4 is 15.2 Å². The zero-order valence-corrected chi connectivity index (χ0v) is 11.0. The van der Waals surface area contributed by atoms with Crippen molar-refractivity contribution in [1.82, 2.24) is 0 Å². The van der Waals surface area contributed by atoms with Crippen LogP contribution in [0.25, 0.3) is 0 Å². The van der Waals surface area contributed by atoms with Crippen LogP contribution in [-0.2, 0) is 6.42 Å². The molecule has 19 heavy (non-hydrogen) atoms. The summed E-state index contributed by atoms with van der Waals surface area (Å²) >= 11 is 0. The van der Waals surface area contributed by atoms with Crippen molar-refractivity contribution in [3.63, 3.8) is 0 Å². The summed E-state index contributed by atoms with van der Waals surface area (Å²) in [7, 11) is 1.39. The van der Waals surface area contributed by atoms with Crippen molar-refractivity contribution in [3.8, 4) is 11.5 Å². The second-order valence-electron chi connectivity index (χ2n) is 4.26. The maximum Gasteiger partial charge on any atom is 0.422 e. The number of methoxy groups -OCH3 is 1. The number of hydrogen-bond donors (Lipinski definition) is 1. The molecule has 0 aliphatic rings. The highest BCUT2D eigenvalue weighted by atomic mass is 19.4. The average Bonchev–Trinajstić information content (AvgIpc) is 2.35. The van der Waals surface area contributed by atoms with E-state index >= 15 is 0 Å². The van der Waals surface area contributed by atoms with Gasteiger partial charge in [-0.2, -0.15) is 13.2 Å². The quantitative estimate of drug-likeness (QED) is 0.869. The molecule has 0 aliphatic carbocycles. The molecule has 0 aromatic heterocycles. The minimum Gasteiger partial charge on any atom is -0.493 e. The zero-order valence-electron chi connectivity index (χ0n) is 11.0. The van der Waals surface area contributed by atoms with Crippen LogP contribution >= 0.6 is 0 Å². The third-order valence-corrected chi connectivity index (χ3v) is 2.64. The van der Waals surface area contributed by atoms with Crippen molar-refractivity contribution < 1.29 is 22.6 Å². The summed E-state index contributed by atoms with van der Waals surface area (Å²) in [5.74, 6) is 0.360. The number of ether oxygens (including phenoxy) is 2. The molecule has 0 amide bonds. The Morgan fingerprint density at radius 3 is 2.47 bits per heavy atom. The third kappa shape index (κ3) is 5.38. The van der Waals surface area contributed by atoms with E-state index in [2.05, 4.69) is 0 Å². The molecule has 0 bridgehead atoms. The van der Waals surface area contributed by atoms with Crippen LogP contribution in [0.4, 0.5) is 13.2 Å². The van der Waals surface area contributed by atoms with Gasteiger partial charge in [-0.25, -0.2) is 0 Å². The lowest BCUT2D eigenvalue weighted by Crippen LogP contribution is -2.21. The molecule has 6 heteroatoms. The normalized spacial score (nSPS) is 13.2. The molecule has 0 radical (unpaired) electrons.